The molecule has 5 rings (SSSR count). The Balaban J connectivity index is 1.44. The maximum Gasteiger partial charge on any atom is 0.258 e. The molecule has 0 aliphatic carbocycles. The highest BCUT2D eigenvalue weighted by Crippen LogP contribution is 2.27. The molecular weight excluding hydrogens is 318 g/mol. The van der Waals surface area contributed by atoms with Crippen molar-refractivity contribution in [3.05, 3.63) is 48.0 Å². The second-order valence-electron chi connectivity index (χ2n) is 6.70. The van der Waals surface area contributed by atoms with Crippen LogP contribution >= 0.6 is 12.2 Å². The first-order valence-corrected chi connectivity index (χ1v) is 8.93. The van der Waals surface area contributed by atoms with Crippen LogP contribution in [-0.2, 0) is 0 Å². The van der Waals surface area contributed by atoms with Gasteiger partial charge in [-0.15, -0.1) is 0 Å². The number of carbonyl (C=O) groups excluding carboxylic acids is 1. The van der Waals surface area contributed by atoms with Crippen molar-refractivity contribution in [2.45, 2.75) is 18.9 Å². The Morgan fingerprint density at radius 3 is 2.58 bits per heavy atom. The minimum Gasteiger partial charge on any atom is -0.358 e. The Hall–Kier alpha value is -1.98. The van der Waals surface area contributed by atoms with Gasteiger partial charge < -0.3 is 10.2 Å². The topological polar surface area (TPSA) is 44.4 Å². The minimum absolute atomic E-state index is 0.148. The van der Waals surface area contributed by atoms with E-state index >= 15 is 0 Å². The summed E-state index contributed by atoms with van der Waals surface area (Å²) in [6, 6.07) is 14.0. The number of hydrogen-bond donors (Lipinski definition) is 2. The van der Waals surface area contributed by atoms with Crippen molar-refractivity contribution < 1.29 is 4.79 Å². The van der Waals surface area contributed by atoms with Crippen molar-refractivity contribution >= 4 is 34.0 Å². The third-order valence-corrected chi connectivity index (χ3v) is 5.45. The van der Waals surface area contributed by atoms with Crippen LogP contribution in [0, 0.1) is 5.92 Å². The molecule has 0 spiro atoms. The van der Waals surface area contributed by atoms with Crippen molar-refractivity contribution in [3.63, 3.8) is 0 Å². The lowest BCUT2D eigenvalue weighted by Gasteiger charge is -2.45. The van der Waals surface area contributed by atoms with Crippen LogP contribution in [0.3, 0.4) is 0 Å². The standard InChI is InChI=1S/C19H21N3OS/c23-18(16-7-3-5-13-4-1-2-6-15(13)16)21-19(24)20-17-12-22-10-8-14(17)9-11-22/h1-7,14,17H,8-12H2,(H2,20,21,23,24). The zero-order valence-corrected chi connectivity index (χ0v) is 14.3. The molecule has 3 fully saturated rings. The van der Waals surface area contributed by atoms with Crippen LogP contribution in [0.15, 0.2) is 42.5 Å². The predicted molar refractivity (Wildman–Crippen MR) is 100 cm³/mol. The Morgan fingerprint density at radius 1 is 1.08 bits per heavy atom. The van der Waals surface area contributed by atoms with Gasteiger partial charge in [0.25, 0.3) is 5.91 Å². The number of nitrogens with zero attached hydrogens (tertiary/aromatic N) is 1. The highest BCUT2D eigenvalue weighted by molar-refractivity contribution is 7.80. The third kappa shape index (κ3) is 3.01. The van der Waals surface area contributed by atoms with Crippen LogP contribution in [0.25, 0.3) is 10.8 Å². The SMILES string of the molecule is O=C(NC(=S)NC1CN2CCC1CC2)c1cccc2ccccc12. The first-order valence-electron chi connectivity index (χ1n) is 8.53. The Morgan fingerprint density at radius 2 is 1.83 bits per heavy atom. The number of benzene rings is 2. The fourth-order valence-corrected chi connectivity index (χ4v) is 4.17. The van der Waals surface area contributed by atoms with E-state index in [0.29, 0.717) is 22.6 Å². The molecule has 1 amide bonds. The van der Waals surface area contributed by atoms with Crippen LogP contribution in [-0.4, -0.2) is 41.6 Å². The summed E-state index contributed by atoms with van der Waals surface area (Å²) in [5.41, 5.74) is 0.658. The molecule has 2 N–H and O–H groups in total. The smallest absolute Gasteiger partial charge is 0.258 e. The van der Waals surface area contributed by atoms with Crippen molar-refractivity contribution in [2.75, 3.05) is 19.6 Å². The van der Waals surface area contributed by atoms with Gasteiger partial charge in [-0.3, -0.25) is 10.1 Å². The normalized spacial score (nSPS) is 25.4. The van der Waals surface area contributed by atoms with E-state index in [1.807, 2.05) is 42.5 Å². The van der Waals surface area contributed by atoms with Gasteiger partial charge in [-0.2, -0.15) is 0 Å². The van der Waals surface area contributed by atoms with Gasteiger partial charge in [-0.25, -0.2) is 0 Å². The number of amides is 1. The number of thiocarbonyl (C=S) groups is 1. The summed E-state index contributed by atoms with van der Waals surface area (Å²) in [6.07, 6.45) is 2.44. The van der Waals surface area contributed by atoms with Gasteiger partial charge in [0.15, 0.2) is 5.11 Å². The Labute approximate surface area is 147 Å². The molecule has 3 aliphatic rings. The highest BCUT2D eigenvalue weighted by Gasteiger charge is 2.34. The third-order valence-electron chi connectivity index (χ3n) is 5.23. The maximum absolute atomic E-state index is 12.6. The molecule has 24 heavy (non-hydrogen) atoms. The van der Waals surface area contributed by atoms with Crippen molar-refractivity contribution in [2.24, 2.45) is 5.92 Å². The molecule has 2 aromatic carbocycles. The first kappa shape index (κ1) is 15.5. The van der Waals surface area contributed by atoms with E-state index in [1.165, 1.54) is 25.9 Å². The van der Waals surface area contributed by atoms with E-state index in [1.54, 1.807) is 0 Å². The molecule has 3 aliphatic heterocycles. The Bertz CT molecular complexity index is 778. The van der Waals surface area contributed by atoms with E-state index in [0.717, 1.165) is 17.3 Å². The molecule has 1 atom stereocenters. The van der Waals surface area contributed by atoms with Gasteiger partial charge in [-0.1, -0.05) is 36.4 Å². The monoisotopic (exact) mass is 339 g/mol. The number of nitrogens with one attached hydrogen (secondary N) is 2. The van der Waals surface area contributed by atoms with E-state index < -0.39 is 0 Å². The van der Waals surface area contributed by atoms with E-state index in [9.17, 15) is 4.79 Å². The molecule has 124 valence electrons. The fraction of sp³-hybridized carbons (Fsp3) is 0.368. The highest BCUT2D eigenvalue weighted by atomic mass is 32.1. The molecule has 3 saturated heterocycles. The van der Waals surface area contributed by atoms with Gasteiger partial charge in [0, 0.05) is 18.2 Å². The maximum atomic E-state index is 12.6. The molecule has 2 bridgehead atoms. The molecule has 3 heterocycles. The van der Waals surface area contributed by atoms with Crippen LogP contribution in [0.4, 0.5) is 0 Å². The second-order valence-corrected chi connectivity index (χ2v) is 7.11. The first-order chi connectivity index (χ1) is 11.7. The lowest BCUT2D eigenvalue weighted by atomic mass is 9.84. The molecular formula is C19H21N3OS. The summed E-state index contributed by atoms with van der Waals surface area (Å²) in [4.78, 5) is 15.1. The largest absolute Gasteiger partial charge is 0.358 e. The Kier molecular flexibility index (Phi) is 4.21. The zero-order chi connectivity index (χ0) is 16.5. The van der Waals surface area contributed by atoms with Crippen LogP contribution in [0.5, 0.6) is 0 Å². The van der Waals surface area contributed by atoms with E-state index in [4.69, 9.17) is 12.2 Å². The van der Waals surface area contributed by atoms with Crippen molar-refractivity contribution in [1.29, 1.82) is 0 Å². The molecule has 5 heteroatoms. The predicted octanol–water partition coefficient (Wildman–Crippen LogP) is 2.54. The molecule has 0 radical (unpaired) electrons. The summed E-state index contributed by atoms with van der Waals surface area (Å²) in [6.45, 7) is 3.41. The van der Waals surface area contributed by atoms with Crippen molar-refractivity contribution in [3.8, 4) is 0 Å². The quantitative estimate of drug-likeness (QED) is 0.826. The average molecular weight is 339 g/mol. The number of fused-ring (bicyclic) bond motifs is 4. The molecule has 4 nitrogen and oxygen atoms in total. The molecule has 2 aromatic rings. The minimum atomic E-state index is -0.148. The molecule has 1 unspecified atom stereocenters. The lowest BCUT2D eigenvalue weighted by Crippen LogP contribution is -2.59. The fourth-order valence-electron chi connectivity index (χ4n) is 3.93. The number of piperidine rings is 3. The summed E-state index contributed by atoms with van der Waals surface area (Å²) < 4.78 is 0. The number of hydrogen-bond acceptors (Lipinski definition) is 3. The van der Waals surface area contributed by atoms with Crippen molar-refractivity contribution in [1.82, 2.24) is 15.5 Å². The van der Waals surface area contributed by atoms with Crippen LogP contribution < -0.4 is 10.6 Å². The van der Waals surface area contributed by atoms with E-state index in [-0.39, 0.29) is 5.91 Å². The van der Waals surface area contributed by atoms with Crippen LogP contribution in [0.1, 0.15) is 23.2 Å². The second kappa shape index (κ2) is 6.49. The zero-order valence-electron chi connectivity index (χ0n) is 13.5. The van der Waals surface area contributed by atoms with Gasteiger partial charge in [-0.05, 0) is 60.9 Å². The number of rotatable bonds is 2. The molecule has 0 saturated carbocycles. The van der Waals surface area contributed by atoms with Gasteiger partial charge in [0.2, 0.25) is 0 Å². The average Bonchev–Trinajstić information content (AvgIpc) is 2.62. The van der Waals surface area contributed by atoms with Gasteiger partial charge in [0.1, 0.15) is 0 Å². The summed E-state index contributed by atoms with van der Waals surface area (Å²) in [5.74, 6) is 0.521. The van der Waals surface area contributed by atoms with Gasteiger partial charge in [0.05, 0.1) is 0 Å². The van der Waals surface area contributed by atoms with Gasteiger partial charge >= 0.3 is 0 Å². The summed E-state index contributed by atoms with van der Waals surface area (Å²) >= 11 is 5.39. The summed E-state index contributed by atoms with van der Waals surface area (Å²) in [7, 11) is 0. The van der Waals surface area contributed by atoms with Crippen LogP contribution in [0.2, 0.25) is 0 Å². The summed E-state index contributed by atoms with van der Waals surface area (Å²) in [5, 5.41) is 8.66. The lowest BCUT2D eigenvalue weighted by molar-refractivity contribution is 0.0807. The molecule has 0 aromatic heterocycles. The van der Waals surface area contributed by atoms with E-state index in [2.05, 4.69) is 15.5 Å². The number of carbonyl (C=O) groups is 1.